The minimum atomic E-state index is -1.69. The number of alkyl halides is 3. The van der Waals surface area contributed by atoms with Gasteiger partial charge < -0.3 is 14.8 Å². The van der Waals surface area contributed by atoms with Gasteiger partial charge in [-0.3, -0.25) is 4.79 Å². The van der Waals surface area contributed by atoms with Crippen LogP contribution >= 0.6 is 34.8 Å². The van der Waals surface area contributed by atoms with Crippen LogP contribution in [-0.4, -0.2) is 29.6 Å². The van der Waals surface area contributed by atoms with Crippen molar-refractivity contribution in [3.63, 3.8) is 0 Å². The lowest BCUT2D eigenvalue weighted by molar-refractivity contribution is -0.139. The van der Waals surface area contributed by atoms with Crippen molar-refractivity contribution in [2.45, 2.75) is 23.2 Å². The second-order valence-electron chi connectivity index (χ2n) is 6.49. The van der Waals surface area contributed by atoms with Crippen molar-refractivity contribution in [2.24, 2.45) is 5.92 Å². The molecule has 0 saturated heterocycles. The Bertz CT molecular complexity index is 880. The fraction of sp³-hybridized carbons (Fsp3) is 0.333. The lowest BCUT2D eigenvalue weighted by Crippen LogP contribution is -2.34. The van der Waals surface area contributed by atoms with E-state index in [2.05, 4.69) is 10.1 Å². The smallest absolute Gasteiger partial charge is 0.407 e. The van der Waals surface area contributed by atoms with Crippen LogP contribution < -0.4 is 5.32 Å². The van der Waals surface area contributed by atoms with Crippen LogP contribution in [0.3, 0.4) is 0 Å². The first-order valence-corrected chi connectivity index (χ1v) is 10.0. The highest BCUT2D eigenvalue weighted by Gasteiger charge is 2.25. The number of halogens is 3. The molecule has 0 bridgehead atoms. The van der Waals surface area contributed by atoms with Crippen LogP contribution in [0.25, 0.3) is 10.8 Å². The van der Waals surface area contributed by atoms with Crippen LogP contribution in [0.1, 0.15) is 24.9 Å². The fourth-order valence-electron chi connectivity index (χ4n) is 2.81. The van der Waals surface area contributed by atoms with Crippen molar-refractivity contribution in [1.82, 2.24) is 5.32 Å². The van der Waals surface area contributed by atoms with Crippen LogP contribution in [0.4, 0.5) is 4.79 Å². The quantitative estimate of drug-likeness (QED) is 0.327. The minimum absolute atomic E-state index is 0.142. The first-order valence-electron chi connectivity index (χ1n) is 8.92. The first-order chi connectivity index (χ1) is 13.7. The van der Waals surface area contributed by atoms with Gasteiger partial charge in [-0.05, 0) is 28.3 Å². The van der Waals surface area contributed by atoms with Crippen molar-refractivity contribution >= 4 is 57.6 Å². The number of methoxy groups -OCH3 is 1. The molecule has 0 radical (unpaired) electrons. The normalized spacial score (nSPS) is 13.8. The van der Waals surface area contributed by atoms with E-state index in [0.29, 0.717) is 0 Å². The predicted molar refractivity (Wildman–Crippen MR) is 116 cm³/mol. The van der Waals surface area contributed by atoms with Gasteiger partial charge in [-0.15, -0.1) is 0 Å². The van der Waals surface area contributed by atoms with Crippen LogP contribution in [0.5, 0.6) is 0 Å². The predicted octanol–water partition coefficient (Wildman–Crippen LogP) is 5.73. The second-order valence-corrected chi connectivity index (χ2v) is 9.00. The van der Waals surface area contributed by atoms with Gasteiger partial charge in [0.1, 0.15) is 6.61 Å². The highest BCUT2D eigenvalue weighted by atomic mass is 35.6. The van der Waals surface area contributed by atoms with Gasteiger partial charge in [0, 0.05) is 0 Å². The SMILES string of the molecule is COC(=O)CC=C[C@@H](C)[C@H](NC(=O)OCC(Cl)(Cl)Cl)c1ccc2ccccc2c1. The standard InChI is InChI=1S/C21H22Cl3NO4/c1-14(6-5-9-18(26)28-2)19(25-20(27)29-13-21(22,23)24)17-11-10-15-7-3-4-8-16(15)12-17/h3-8,10-12,14,19H,9,13H2,1-2H3,(H,25,27)/t14-,19+/m1/s1. The van der Waals surface area contributed by atoms with Crippen LogP contribution in [-0.2, 0) is 14.3 Å². The molecule has 0 aromatic heterocycles. The number of hydrogen-bond donors (Lipinski definition) is 1. The Morgan fingerprint density at radius 1 is 1.14 bits per heavy atom. The largest absolute Gasteiger partial charge is 0.469 e. The number of alkyl carbamates (subject to hydrolysis) is 1. The molecule has 29 heavy (non-hydrogen) atoms. The molecule has 2 aromatic carbocycles. The third kappa shape index (κ3) is 7.77. The molecule has 0 spiro atoms. The molecule has 0 saturated carbocycles. The molecule has 156 valence electrons. The van der Waals surface area contributed by atoms with Gasteiger partial charge >= 0.3 is 12.1 Å². The Balaban J connectivity index is 2.23. The minimum Gasteiger partial charge on any atom is -0.469 e. The summed E-state index contributed by atoms with van der Waals surface area (Å²) >= 11 is 16.9. The maximum Gasteiger partial charge on any atom is 0.407 e. The summed E-state index contributed by atoms with van der Waals surface area (Å²) < 4.78 is 7.96. The summed E-state index contributed by atoms with van der Waals surface area (Å²) in [6, 6.07) is 13.4. The van der Waals surface area contributed by atoms with Gasteiger partial charge in [-0.2, -0.15) is 0 Å². The number of hydrogen-bond acceptors (Lipinski definition) is 4. The highest BCUT2D eigenvalue weighted by Crippen LogP contribution is 2.28. The van der Waals surface area contributed by atoms with Crippen molar-refractivity contribution in [2.75, 3.05) is 13.7 Å². The van der Waals surface area contributed by atoms with E-state index in [1.165, 1.54) is 7.11 Å². The van der Waals surface area contributed by atoms with Gasteiger partial charge in [0.05, 0.1) is 19.6 Å². The van der Waals surface area contributed by atoms with E-state index in [9.17, 15) is 9.59 Å². The number of amides is 1. The third-order valence-electron chi connectivity index (χ3n) is 4.25. The lowest BCUT2D eigenvalue weighted by Gasteiger charge is -2.24. The Kier molecular flexibility index (Phi) is 8.62. The zero-order valence-corrected chi connectivity index (χ0v) is 18.3. The van der Waals surface area contributed by atoms with Gasteiger partial charge in [0.25, 0.3) is 0 Å². The van der Waals surface area contributed by atoms with E-state index < -0.39 is 15.9 Å². The average molecular weight is 459 g/mol. The van der Waals surface area contributed by atoms with E-state index in [1.54, 1.807) is 6.08 Å². The molecule has 0 fully saturated rings. The van der Waals surface area contributed by atoms with Crippen molar-refractivity contribution in [1.29, 1.82) is 0 Å². The summed E-state index contributed by atoms with van der Waals surface area (Å²) in [4.78, 5) is 23.6. The Hall–Kier alpha value is -1.95. The van der Waals surface area contributed by atoms with E-state index in [4.69, 9.17) is 39.5 Å². The molecule has 0 unspecified atom stereocenters. The van der Waals surface area contributed by atoms with Crippen LogP contribution in [0.2, 0.25) is 0 Å². The number of carbonyl (C=O) groups excluding carboxylic acids is 2. The number of esters is 1. The third-order valence-corrected chi connectivity index (χ3v) is 4.58. The maximum absolute atomic E-state index is 12.3. The Labute approximate surface area is 184 Å². The van der Waals surface area contributed by atoms with E-state index >= 15 is 0 Å². The number of rotatable bonds is 7. The van der Waals surface area contributed by atoms with E-state index in [1.807, 2.05) is 55.5 Å². The van der Waals surface area contributed by atoms with Crippen LogP contribution in [0, 0.1) is 5.92 Å². The monoisotopic (exact) mass is 457 g/mol. The maximum atomic E-state index is 12.3. The molecule has 2 rings (SSSR count). The van der Waals surface area contributed by atoms with Gasteiger partial charge in [-0.25, -0.2) is 4.79 Å². The number of fused-ring (bicyclic) bond motifs is 1. The molecule has 5 nitrogen and oxygen atoms in total. The zero-order valence-electron chi connectivity index (χ0n) is 16.0. The van der Waals surface area contributed by atoms with Crippen molar-refractivity contribution in [3.8, 4) is 0 Å². The summed E-state index contributed by atoms with van der Waals surface area (Å²) in [6.45, 7) is 1.55. The summed E-state index contributed by atoms with van der Waals surface area (Å²) in [5.74, 6) is -0.494. The number of carbonyl (C=O) groups is 2. The molecular formula is C21H22Cl3NO4. The number of nitrogens with one attached hydrogen (secondary N) is 1. The molecule has 2 aromatic rings. The summed E-state index contributed by atoms with van der Waals surface area (Å²) in [5, 5.41) is 4.94. The first kappa shape index (κ1) is 23.3. The summed E-state index contributed by atoms with van der Waals surface area (Å²) in [6.07, 6.45) is 2.98. The average Bonchev–Trinajstić information content (AvgIpc) is 2.69. The van der Waals surface area contributed by atoms with Gasteiger partial charge in [0.2, 0.25) is 3.79 Å². The molecule has 1 amide bonds. The molecule has 0 aliphatic rings. The number of ether oxygens (including phenoxy) is 2. The topological polar surface area (TPSA) is 64.6 Å². The zero-order chi connectivity index (χ0) is 21.4. The molecule has 0 heterocycles. The van der Waals surface area contributed by atoms with E-state index in [-0.39, 0.29) is 24.9 Å². The van der Waals surface area contributed by atoms with Crippen LogP contribution in [0.15, 0.2) is 54.6 Å². The number of benzene rings is 2. The molecule has 0 aliphatic carbocycles. The van der Waals surface area contributed by atoms with Gasteiger partial charge in [-0.1, -0.05) is 90.3 Å². The molecule has 8 heteroatoms. The fourth-order valence-corrected chi connectivity index (χ4v) is 2.97. The van der Waals surface area contributed by atoms with Gasteiger partial charge in [0.15, 0.2) is 0 Å². The molecule has 2 atom stereocenters. The summed E-state index contributed by atoms with van der Waals surface area (Å²) in [5.41, 5.74) is 0.879. The van der Waals surface area contributed by atoms with E-state index in [0.717, 1.165) is 16.3 Å². The molecular weight excluding hydrogens is 437 g/mol. The molecule has 0 aliphatic heterocycles. The molecule has 1 N–H and O–H groups in total. The highest BCUT2D eigenvalue weighted by molar-refractivity contribution is 6.67. The van der Waals surface area contributed by atoms with Crippen molar-refractivity contribution in [3.05, 3.63) is 60.2 Å². The van der Waals surface area contributed by atoms with Crippen molar-refractivity contribution < 1.29 is 19.1 Å². The Morgan fingerprint density at radius 3 is 2.48 bits per heavy atom. The summed E-state index contributed by atoms with van der Waals surface area (Å²) in [7, 11) is 1.33. The lowest BCUT2D eigenvalue weighted by atomic mass is 9.92. The second kappa shape index (κ2) is 10.7. The Morgan fingerprint density at radius 2 is 1.83 bits per heavy atom.